The number of carbonyl (C=O) groups is 2. The third-order valence-electron chi connectivity index (χ3n) is 4.18. The van der Waals surface area contributed by atoms with Crippen LogP contribution in [0.4, 0.5) is 5.69 Å². The van der Waals surface area contributed by atoms with Crippen LogP contribution in [0, 0.1) is 17.2 Å². The molecule has 0 spiro atoms. The van der Waals surface area contributed by atoms with Crippen molar-refractivity contribution in [3.8, 4) is 6.07 Å². The van der Waals surface area contributed by atoms with Crippen molar-refractivity contribution in [3.63, 3.8) is 0 Å². The number of hydrogen-bond donors (Lipinski definition) is 1. The van der Waals surface area contributed by atoms with Gasteiger partial charge in [-0.1, -0.05) is 35.9 Å². The van der Waals surface area contributed by atoms with Crippen molar-refractivity contribution >= 4 is 29.1 Å². The van der Waals surface area contributed by atoms with Gasteiger partial charge in [0.25, 0.3) is 0 Å². The zero-order valence-corrected chi connectivity index (χ0v) is 14.2. The molecule has 25 heavy (non-hydrogen) atoms. The molecule has 1 aliphatic rings. The van der Waals surface area contributed by atoms with Crippen LogP contribution in [-0.4, -0.2) is 23.3 Å². The Morgan fingerprint density at radius 1 is 1.24 bits per heavy atom. The van der Waals surface area contributed by atoms with Gasteiger partial charge in [0.2, 0.25) is 11.8 Å². The first-order chi connectivity index (χ1) is 12.1. The highest BCUT2D eigenvalue weighted by Gasteiger charge is 2.34. The molecule has 3 rings (SSSR count). The molecule has 6 heteroatoms. The Morgan fingerprint density at radius 2 is 1.96 bits per heavy atom. The molecule has 0 aromatic heterocycles. The number of nitrogens with zero attached hydrogens (tertiary/aromatic N) is 2. The third-order valence-corrected chi connectivity index (χ3v) is 4.43. The SMILES string of the molecule is N#Cc1ccccc1NC(=O)C1CC(=O)N(Cc2ccc(Cl)cc2)C1. The molecule has 1 saturated heterocycles. The van der Waals surface area contributed by atoms with Crippen molar-refractivity contribution in [1.82, 2.24) is 4.90 Å². The number of hydrogen-bond acceptors (Lipinski definition) is 3. The summed E-state index contributed by atoms with van der Waals surface area (Å²) in [6.07, 6.45) is 0.175. The molecule has 5 nitrogen and oxygen atoms in total. The lowest BCUT2D eigenvalue weighted by Crippen LogP contribution is -2.28. The minimum atomic E-state index is -0.424. The van der Waals surface area contributed by atoms with Crippen LogP contribution in [0.5, 0.6) is 0 Å². The first-order valence-corrected chi connectivity index (χ1v) is 8.27. The molecule has 1 fully saturated rings. The number of anilines is 1. The summed E-state index contributed by atoms with van der Waals surface area (Å²) in [6, 6.07) is 16.1. The summed E-state index contributed by atoms with van der Waals surface area (Å²) in [7, 11) is 0. The van der Waals surface area contributed by atoms with E-state index in [9.17, 15) is 9.59 Å². The number of likely N-dealkylation sites (tertiary alicyclic amines) is 1. The Morgan fingerprint density at radius 3 is 2.68 bits per heavy atom. The summed E-state index contributed by atoms with van der Waals surface area (Å²) in [5, 5.41) is 12.5. The number of rotatable bonds is 4. The Kier molecular flexibility index (Phi) is 5.01. The van der Waals surface area contributed by atoms with E-state index < -0.39 is 5.92 Å². The molecule has 126 valence electrons. The van der Waals surface area contributed by atoms with E-state index in [1.807, 2.05) is 18.2 Å². The molecule has 0 aliphatic carbocycles. The van der Waals surface area contributed by atoms with Crippen LogP contribution in [0.25, 0.3) is 0 Å². The van der Waals surface area contributed by atoms with Crippen molar-refractivity contribution < 1.29 is 9.59 Å². The highest BCUT2D eigenvalue weighted by Crippen LogP contribution is 2.23. The van der Waals surface area contributed by atoms with Gasteiger partial charge in [-0.05, 0) is 29.8 Å². The molecule has 2 amide bonds. The van der Waals surface area contributed by atoms with E-state index in [-0.39, 0.29) is 18.2 Å². The van der Waals surface area contributed by atoms with Crippen molar-refractivity contribution in [2.75, 3.05) is 11.9 Å². The van der Waals surface area contributed by atoms with E-state index in [2.05, 4.69) is 5.32 Å². The molecule has 2 aromatic rings. The molecular formula is C19H16ClN3O2. The van der Waals surface area contributed by atoms with E-state index >= 15 is 0 Å². The van der Waals surface area contributed by atoms with Gasteiger partial charge in [0.05, 0.1) is 17.2 Å². The number of halogens is 1. The summed E-state index contributed by atoms with van der Waals surface area (Å²) in [4.78, 5) is 26.3. The summed E-state index contributed by atoms with van der Waals surface area (Å²) < 4.78 is 0. The van der Waals surface area contributed by atoms with Crippen LogP contribution in [0.15, 0.2) is 48.5 Å². The fraction of sp³-hybridized carbons (Fsp3) is 0.211. The van der Waals surface area contributed by atoms with Crippen molar-refractivity contribution in [2.45, 2.75) is 13.0 Å². The molecular weight excluding hydrogens is 338 g/mol. The summed E-state index contributed by atoms with van der Waals surface area (Å²) in [6.45, 7) is 0.816. The van der Waals surface area contributed by atoms with Crippen molar-refractivity contribution in [2.24, 2.45) is 5.92 Å². The van der Waals surface area contributed by atoms with E-state index in [1.54, 1.807) is 41.3 Å². The van der Waals surface area contributed by atoms with Crippen LogP contribution in [0.1, 0.15) is 17.5 Å². The van der Waals surface area contributed by atoms with Crippen LogP contribution in [-0.2, 0) is 16.1 Å². The van der Waals surface area contributed by atoms with Gasteiger partial charge >= 0.3 is 0 Å². The number of para-hydroxylation sites is 1. The van der Waals surface area contributed by atoms with E-state index in [0.717, 1.165) is 5.56 Å². The second kappa shape index (κ2) is 7.37. The van der Waals surface area contributed by atoms with Gasteiger partial charge in [0.1, 0.15) is 6.07 Å². The maximum atomic E-state index is 12.5. The van der Waals surface area contributed by atoms with Gasteiger partial charge in [-0.25, -0.2) is 0 Å². The van der Waals surface area contributed by atoms with Crippen molar-refractivity contribution in [3.05, 3.63) is 64.7 Å². The van der Waals surface area contributed by atoms with Gasteiger partial charge < -0.3 is 10.2 Å². The molecule has 1 aliphatic heterocycles. The minimum absolute atomic E-state index is 0.0522. The number of amides is 2. The lowest BCUT2D eigenvalue weighted by molar-refractivity contribution is -0.128. The van der Waals surface area contributed by atoms with Gasteiger partial charge in [-0.3, -0.25) is 9.59 Å². The van der Waals surface area contributed by atoms with Gasteiger partial charge in [-0.15, -0.1) is 0 Å². The standard InChI is InChI=1S/C19H16ClN3O2/c20-16-7-5-13(6-8-16)11-23-12-15(9-18(23)24)19(25)22-17-4-2-1-3-14(17)10-21/h1-8,15H,9,11-12H2,(H,22,25). The van der Waals surface area contributed by atoms with E-state index in [0.29, 0.717) is 29.4 Å². The monoisotopic (exact) mass is 353 g/mol. The van der Waals surface area contributed by atoms with Crippen LogP contribution < -0.4 is 5.32 Å². The smallest absolute Gasteiger partial charge is 0.229 e. The average Bonchev–Trinajstić information content (AvgIpc) is 2.98. The molecule has 0 bridgehead atoms. The van der Waals surface area contributed by atoms with Gasteiger partial charge in [0, 0.05) is 24.5 Å². The third kappa shape index (κ3) is 3.98. The summed E-state index contributed by atoms with van der Waals surface area (Å²) in [5.74, 6) is -0.718. The lowest BCUT2D eigenvalue weighted by Gasteiger charge is -2.17. The Balaban J connectivity index is 1.64. The number of carbonyl (C=O) groups excluding carboxylic acids is 2. The minimum Gasteiger partial charge on any atom is -0.338 e. The number of benzene rings is 2. The molecule has 1 heterocycles. The highest BCUT2D eigenvalue weighted by molar-refractivity contribution is 6.30. The second-order valence-electron chi connectivity index (χ2n) is 5.95. The van der Waals surface area contributed by atoms with Gasteiger partial charge in [0.15, 0.2) is 0 Å². The average molecular weight is 354 g/mol. The fourth-order valence-corrected chi connectivity index (χ4v) is 2.96. The molecule has 1 atom stereocenters. The summed E-state index contributed by atoms with van der Waals surface area (Å²) >= 11 is 5.87. The zero-order chi connectivity index (χ0) is 17.8. The second-order valence-corrected chi connectivity index (χ2v) is 6.38. The predicted octanol–water partition coefficient (Wildman–Crippen LogP) is 3.20. The van der Waals surface area contributed by atoms with Crippen molar-refractivity contribution in [1.29, 1.82) is 5.26 Å². The Bertz CT molecular complexity index is 842. The maximum Gasteiger partial charge on any atom is 0.229 e. The van der Waals surface area contributed by atoms with Crippen LogP contribution in [0.2, 0.25) is 5.02 Å². The van der Waals surface area contributed by atoms with Crippen LogP contribution >= 0.6 is 11.6 Å². The molecule has 2 aromatic carbocycles. The molecule has 0 saturated carbocycles. The van der Waals surface area contributed by atoms with Gasteiger partial charge in [-0.2, -0.15) is 5.26 Å². The Labute approximate surface area is 150 Å². The highest BCUT2D eigenvalue weighted by atomic mass is 35.5. The molecule has 1 N–H and O–H groups in total. The summed E-state index contributed by atoms with van der Waals surface area (Å²) in [5.41, 5.74) is 1.84. The Hall–Kier alpha value is -2.84. The predicted molar refractivity (Wildman–Crippen MR) is 94.8 cm³/mol. The number of nitrogens with one attached hydrogen (secondary N) is 1. The zero-order valence-electron chi connectivity index (χ0n) is 13.4. The molecule has 0 radical (unpaired) electrons. The van der Waals surface area contributed by atoms with E-state index in [4.69, 9.17) is 16.9 Å². The molecule has 1 unspecified atom stereocenters. The number of nitriles is 1. The quantitative estimate of drug-likeness (QED) is 0.917. The first-order valence-electron chi connectivity index (χ1n) is 7.89. The van der Waals surface area contributed by atoms with E-state index in [1.165, 1.54) is 0 Å². The first kappa shape index (κ1) is 17.0. The normalized spacial score (nSPS) is 16.6. The fourth-order valence-electron chi connectivity index (χ4n) is 2.84. The van der Waals surface area contributed by atoms with Crippen LogP contribution in [0.3, 0.4) is 0 Å². The maximum absolute atomic E-state index is 12.5. The lowest BCUT2D eigenvalue weighted by atomic mass is 10.1. The largest absolute Gasteiger partial charge is 0.338 e. The topological polar surface area (TPSA) is 73.2 Å².